The van der Waals surface area contributed by atoms with Crippen molar-refractivity contribution in [3.63, 3.8) is 0 Å². The van der Waals surface area contributed by atoms with Crippen LogP contribution in [0.25, 0.3) is 0 Å². The fourth-order valence-corrected chi connectivity index (χ4v) is 3.91. The highest BCUT2D eigenvalue weighted by Gasteiger charge is 2.18. The van der Waals surface area contributed by atoms with E-state index in [9.17, 15) is 16.8 Å². The van der Waals surface area contributed by atoms with Gasteiger partial charge in [-0.2, -0.15) is 0 Å². The smallest absolute Gasteiger partial charge is 0.240 e. The second kappa shape index (κ2) is 5.80. The van der Waals surface area contributed by atoms with Crippen LogP contribution in [0.4, 0.5) is 0 Å². The van der Waals surface area contributed by atoms with Gasteiger partial charge >= 0.3 is 0 Å². The molecule has 8 heteroatoms. The SMILES string of the molecule is CCS(=O)(=O)CCNS(=O)(=O)c1ccc2c(c1)CNC2. The Morgan fingerprint density at radius 3 is 2.55 bits per heavy atom. The first-order valence-corrected chi connectivity index (χ1v) is 9.67. The van der Waals surface area contributed by atoms with Crippen molar-refractivity contribution in [2.75, 3.05) is 18.1 Å². The van der Waals surface area contributed by atoms with Gasteiger partial charge in [0.2, 0.25) is 10.0 Å². The molecular weight excluding hydrogens is 300 g/mol. The lowest BCUT2D eigenvalue weighted by Gasteiger charge is -2.08. The van der Waals surface area contributed by atoms with Crippen LogP contribution in [-0.4, -0.2) is 34.9 Å². The summed E-state index contributed by atoms with van der Waals surface area (Å²) in [5.74, 6) is -0.172. The van der Waals surface area contributed by atoms with Gasteiger partial charge < -0.3 is 5.32 Å². The van der Waals surface area contributed by atoms with Crippen LogP contribution in [0.1, 0.15) is 18.1 Å². The van der Waals surface area contributed by atoms with Gasteiger partial charge in [-0.05, 0) is 23.3 Å². The molecule has 0 bridgehead atoms. The lowest BCUT2D eigenvalue weighted by Crippen LogP contribution is -2.29. The Morgan fingerprint density at radius 1 is 1.15 bits per heavy atom. The largest absolute Gasteiger partial charge is 0.309 e. The molecule has 0 amide bonds. The van der Waals surface area contributed by atoms with Crippen LogP contribution in [0.2, 0.25) is 0 Å². The quantitative estimate of drug-likeness (QED) is 0.770. The number of nitrogens with one attached hydrogen (secondary N) is 2. The third kappa shape index (κ3) is 3.57. The van der Waals surface area contributed by atoms with Gasteiger partial charge in [-0.25, -0.2) is 21.6 Å². The molecule has 1 aromatic rings. The third-order valence-corrected chi connectivity index (χ3v) is 6.43. The van der Waals surface area contributed by atoms with Crippen LogP contribution in [0, 0.1) is 0 Å². The highest BCUT2D eigenvalue weighted by atomic mass is 32.2. The zero-order valence-electron chi connectivity index (χ0n) is 11.2. The summed E-state index contributed by atoms with van der Waals surface area (Å²) in [4.78, 5) is 0.175. The van der Waals surface area contributed by atoms with Crippen molar-refractivity contribution in [2.45, 2.75) is 24.9 Å². The molecule has 112 valence electrons. The zero-order valence-corrected chi connectivity index (χ0v) is 12.9. The number of hydrogen-bond acceptors (Lipinski definition) is 5. The topological polar surface area (TPSA) is 92.3 Å². The standard InChI is InChI=1S/C12H18N2O4S2/c1-2-19(15,16)6-5-14-20(17,18)12-4-3-10-8-13-9-11(10)7-12/h3-4,7,13-14H,2,5-6,8-9H2,1H3. The van der Waals surface area contributed by atoms with Gasteiger partial charge in [0.15, 0.2) is 9.84 Å². The van der Waals surface area contributed by atoms with E-state index in [1.165, 1.54) is 6.92 Å². The molecule has 2 rings (SSSR count). The predicted molar refractivity (Wildman–Crippen MR) is 76.5 cm³/mol. The van der Waals surface area contributed by atoms with Crippen molar-refractivity contribution in [2.24, 2.45) is 0 Å². The summed E-state index contributed by atoms with van der Waals surface area (Å²) in [5.41, 5.74) is 2.06. The predicted octanol–water partition coefficient (Wildman–Crippen LogP) is 0.00280. The molecule has 0 saturated heterocycles. The fourth-order valence-electron chi connectivity index (χ4n) is 2.00. The number of sulfone groups is 1. The second-order valence-electron chi connectivity index (χ2n) is 4.67. The van der Waals surface area contributed by atoms with Gasteiger partial charge in [0.25, 0.3) is 0 Å². The first-order valence-electron chi connectivity index (χ1n) is 6.37. The van der Waals surface area contributed by atoms with Crippen LogP contribution >= 0.6 is 0 Å². The van der Waals surface area contributed by atoms with E-state index >= 15 is 0 Å². The minimum absolute atomic E-state index is 0.0131. The molecule has 0 atom stereocenters. The molecule has 6 nitrogen and oxygen atoms in total. The molecule has 1 aliphatic rings. The maximum Gasteiger partial charge on any atom is 0.240 e. The van der Waals surface area contributed by atoms with Crippen LogP contribution in [0.15, 0.2) is 23.1 Å². The zero-order chi connectivity index (χ0) is 14.8. The van der Waals surface area contributed by atoms with E-state index in [2.05, 4.69) is 10.0 Å². The molecule has 0 fully saturated rings. The van der Waals surface area contributed by atoms with Gasteiger partial charge in [-0.1, -0.05) is 13.0 Å². The summed E-state index contributed by atoms with van der Waals surface area (Å²) in [7, 11) is -6.83. The van der Waals surface area contributed by atoms with Crippen LogP contribution in [-0.2, 0) is 33.0 Å². The number of hydrogen-bond donors (Lipinski definition) is 2. The van der Waals surface area contributed by atoms with Gasteiger partial charge in [0.1, 0.15) is 0 Å². The highest BCUT2D eigenvalue weighted by Crippen LogP contribution is 2.19. The maximum atomic E-state index is 12.1. The highest BCUT2D eigenvalue weighted by molar-refractivity contribution is 7.91. The second-order valence-corrected chi connectivity index (χ2v) is 8.91. The van der Waals surface area contributed by atoms with E-state index < -0.39 is 19.9 Å². The summed E-state index contributed by atoms with van der Waals surface area (Å²) in [5, 5.41) is 3.14. The fraction of sp³-hybridized carbons (Fsp3) is 0.500. The molecule has 2 N–H and O–H groups in total. The Labute approximate surface area is 119 Å². The Bertz CT molecular complexity index is 696. The van der Waals surface area contributed by atoms with Crippen molar-refractivity contribution in [1.29, 1.82) is 0 Å². The van der Waals surface area contributed by atoms with Crippen molar-refractivity contribution in [3.05, 3.63) is 29.3 Å². The van der Waals surface area contributed by atoms with E-state index in [0.29, 0.717) is 6.54 Å². The lowest BCUT2D eigenvalue weighted by molar-refractivity contribution is 0.581. The van der Waals surface area contributed by atoms with Crippen LogP contribution in [0.5, 0.6) is 0 Å². The summed E-state index contributed by atoms with van der Waals surface area (Å²) in [6.07, 6.45) is 0. The van der Waals surface area contributed by atoms with Gasteiger partial charge in [-0.15, -0.1) is 0 Å². The number of fused-ring (bicyclic) bond motifs is 1. The number of rotatable bonds is 6. The van der Waals surface area contributed by atoms with Crippen molar-refractivity contribution in [3.8, 4) is 0 Å². The first kappa shape index (κ1) is 15.4. The average Bonchev–Trinajstić information content (AvgIpc) is 2.85. The van der Waals surface area contributed by atoms with Crippen molar-refractivity contribution in [1.82, 2.24) is 10.0 Å². The van der Waals surface area contributed by atoms with Gasteiger partial charge in [0.05, 0.1) is 10.6 Å². The molecular formula is C12H18N2O4S2. The molecule has 1 aromatic carbocycles. The number of benzene rings is 1. The summed E-state index contributed by atoms with van der Waals surface area (Å²) < 4.78 is 49.2. The average molecular weight is 318 g/mol. The molecule has 0 unspecified atom stereocenters. The molecule has 0 radical (unpaired) electrons. The first-order chi connectivity index (χ1) is 9.34. The van der Waals surface area contributed by atoms with E-state index in [4.69, 9.17) is 0 Å². The lowest BCUT2D eigenvalue weighted by atomic mass is 10.1. The van der Waals surface area contributed by atoms with E-state index in [1.807, 2.05) is 0 Å². The summed E-state index contributed by atoms with van der Waals surface area (Å²) in [6, 6.07) is 4.96. The Balaban J connectivity index is 2.07. The molecule has 1 aliphatic heterocycles. The molecule has 1 heterocycles. The summed E-state index contributed by atoms with van der Waals surface area (Å²) >= 11 is 0. The normalized spacial score (nSPS) is 15.2. The van der Waals surface area contributed by atoms with Gasteiger partial charge in [0, 0.05) is 25.4 Å². The van der Waals surface area contributed by atoms with Crippen LogP contribution in [0.3, 0.4) is 0 Å². The molecule has 0 spiro atoms. The van der Waals surface area contributed by atoms with E-state index in [0.717, 1.165) is 17.7 Å². The van der Waals surface area contributed by atoms with E-state index in [-0.39, 0.29) is 22.9 Å². The minimum Gasteiger partial charge on any atom is -0.309 e. The van der Waals surface area contributed by atoms with Gasteiger partial charge in [-0.3, -0.25) is 0 Å². The van der Waals surface area contributed by atoms with Crippen molar-refractivity contribution >= 4 is 19.9 Å². The molecule has 0 saturated carbocycles. The Hall–Kier alpha value is -0.960. The monoisotopic (exact) mass is 318 g/mol. The Kier molecular flexibility index (Phi) is 4.48. The van der Waals surface area contributed by atoms with Crippen LogP contribution < -0.4 is 10.0 Å². The molecule has 0 aliphatic carbocycles. The third-order valence-electron chi connectivity index (χ3n) is 3.26. The maximum absolute atomic E-state index is 12.1. The Morgan fingerprint density at radius 2 is 1.85 bits per heavy atom. The molecule has 20 heavy (non-hydrogen) atoms. The van der Waals surface area contributed by atoms with Crippen molar-refractivity contribution < 1.29 is 16.8 Å². The molecule has 0 aromatic heterocycles. The number of sulfonamides is 1. The van der Waals surface area contributed by atoms with E-state index in [1.54, 1.807) is 18.2 Å². The summed E-state index contributed by atoms with van der Waals surface area (Å²) in [6.45, 7) is 2.84. The minimum atomic E-state index is -3.65.